The quantitative estimate of drug-likeness (QED) is 0.563. The number of para-hydroxylation sites is 1. The van der Waals surface area contributed by atoms with E-state index in [1.54, 1.807) is 31.2 Å². The van der Waals surface area contributed by atoms with Crippen LogP contribution >= 0.6 is 0 Å². The summed E-state index contributed by atoms with van der Waals surface area (Å²) in [6.07, 6.45) is 1.39. The molecule has 2 rings (SSSR count). The van der Waals surface area contributed by atoms with Gasteiger partial charge in [-0.05, 0) is 31.5 Å². The summed E-state index contributed by atoms with van der Waals surface area (Å²) in [4.78, 5) is 14.8. The van der Waals surface area contributed by atoms with Crippen LogP contribution < -0.4 is 15.4 Å². The van der Waals surface area contributed by atoms with Gasteiger partial charge in [0, 0.05) is 32.7 Å². The van der Waals surface area contributed by atoms with Crippen molar-refractivity contribution in [1.29, 1.82) is 0 Å². The van der Waals surface area contributed by atoms with Crippen LogP contribution in [0.5, 0.6) is 0 Å². The van der Waals surface area contributed by atoms with Crippen LogP contribution in [0.1, 0.15) is 30.1 Å². The summed E-state index contributed by atoms with van der Waals surface area (Å²) in [6.45, 7) is 7.42. The number of benzene rings is 1. The van der Waals surface area contributed by atoms with Crippen LogP contribution in [0.25, 0.3) is 0 Å². The average molecular weight is 369 g/mol. The second-order valence-corrected chi connectivity index (χ2v) is 8.01. The van der Waals surface area contributed by atoms with Crippen LogP contribution in [0.4, 0.5) is 5.69 Å². The van der Waals surface area contributed by atoms with Gasteiger partial charge in [0.15, 0.2) is 0 Å². The van der Waals surface area contributed by atoms with E-state index in [2.05, 4.69) is 20.3 Å². The molecule has 140 valence electrons. The van der Waals surface area contributed by atoms with E-state index in [1.807, 2.05) is 0 Å². The summed E-state index contributed by atoms with van der Waals surface area (Å²) in [5.41, 5.74) is 0.680. The fraction of sp³-hybridized carbons (Fsp3) is 0.588. The molecular weight excluding hydrogens is 340 g/mol. The van der Waals surface area contributed by atoms with Gasteiger partial charge in [0.25, 0.3) is 5.91 Å². The van der Waals surface area contributed by atoms with Crippen molar-refractivity contribution in [2.24, 2.45) is 0 Å². The molecule has 0 aliphatic carbocycles. The van der Waals surface area contributed by atoms with Crippen LogP contribution in [-0.2, 0) is 10.0 Å². The largest absolute Gasteiger partial charge is 0.352 e. The molecule has 1 fully saturated rings. The van der Waals surface area contributed by atoms with E-state index in [-0.39, 0.29) is 11.7 Å². The normalized spacial score (nSPS) is 15.7. The van der Waals surface area contributed by atoms with Crippen molar-refractivity contribution in [3.8, 4) is 0 Å². The van der Waals surface area contributed by atoms with Crippen molar-refractivity contribution in [2.75, 3.05) is 49.7 Å². The number of carbonyl (C=O) groups excluding carboxylic acids is 1. The first-order valence-corrected chi connectivity index (χ1v) is 10.5. The van der Waals surface area contributed by atoms with Crippen LogP contribution in [0.3, 0.4) is 0 Å². The van der Waals surface area contributed by atoms with Gasteiger partial charge in [-0.1, -0.05) is 19.1 Å². The Balaban J connectivity index is 1.86. The number of nitrogens with zero attached hydrogens (tertiary/aromatic N) is 1. The van der Waals surface area contributed by atoms with Gasteiger partial charge < -0.3 is 15.5 Å². The van der Waals surface area contributed by atoms with Gasteiger partial charge in [0.1, 0.15) is 0 Å². The van der Waals surface area contributed by atoms with Crippen molar-refractivity contribution in [2.45, 2.75) is 19.8 Å². The van der Waals surface area contributed by atoms with Gasteiger partial charge >= 0.3 is 0 Å². The van der Waals surface area contributed by atoms with Crippen molar-refractivity contribution in [3.63, 3.8) is 0 Å². The van der Waals surface area contributed by atoms with Gasteiger partial charge in [-0.15, -0.1) is 0 Å². The lowest BCUT2D eigenvalue weighted by Crippen LogP contribution is -2.44. The summed E-state index contributed by atoms with van der Waals surface area (Å²) in [6, 6.07) is 6.69. The number of sulfonamides is 1. The second-order valence-electron chi connectivity index (χ2n) is 6.17. The first kappa shape index (κ1) is 19.7. The molecule has 3 N–H and O–H groups in total. The monoisotopic (exact) mass is 368 g/mol. The molecule has 25 heavy (non-hydrogen) atoms. The molecule has 0 saturated carbocycles. The number of piperazine rings is 1. The van der Waals surface area contributed by atoms with E-state index in [0.717, 1.165) is 39.1 Å². The molecule has 1 aromatic rings. The smallest absolute Gasteiger partial charge is 0.253 e. The topological polar surface area (TPSA) is 90.5 Å². The van der Waals surface area contributed by atoms with E-state index in [4.69, 9.17) is 0 Å². The Morgan fingerprint density at radius 2 is 1.96 bits per heavy atom. The molecule has 0 aromatic heterocycles. The Labute approximate surface area is 150 Å². The first-order valence-electron chi connectivity index (χ1n) is 8.82. The van der Waals surface area contributed by atoms with Crippen molar-refractivity contribution < 1.29 is 13.2 Å². The Hall–Kier alpha value is -1.64. The molecular formula is C17H28N4O3S. The minimum atomic E-state index is -3.42. The number of carbonyl (C=O) groups is 1. The van der Waals surface area contributed by atoms with E-state index >= 15 is 0 Å². The Kier molecular flexibility index (Phi) is 7.67. The minimum Gasteiger partial charge on any atom is -0.352 e. The molecule has 0 unspecified atom stereocenters. The highest BCUT2D eigenvalue weighted by Crippen LogP contribution is 2.17. The molecule has 8 heteroatoms. The lowest BCUT2D eigenvalue weighted by atomic mass is 10.1. The van der Waals surface area contributed by atoms with Crippen LogP contribution in [0.15, 0.2) is 24.3 Å². The first-order chi connectivity index (χ1) is 12.0. The highest BCUT2D eigenvalue weighted by atomic mass is 32.2. The maximum absolute atomic E-state index is 12.4. The number of rotatable bonds is 9. The summed E-state index contributed by atoms with van der Waals surface area (Å²) in [7, 11) is -3.42. The third-order valence-corrected chi connectivity index (χ3v) is 5.53. The van der Waals surface area contributed by atoms with Gasteiger partial charge in [-0.3, -0.25) is 9.52 Å². The van der Waals surface area contributed by atoms with Gasteiger partial charge in [-0.25, -0.2) is 8.42 Å². The zero-order valence-corrected chi connectivity index (χ0v) is 15.6. The van der Waals surface area contributed by atoms with Gasteiger partial charge in [0.2, 0.25) is 10.0 Å². The number of amides is 1. The summed E-state index contributed by atoms with van der Waals surface area (Å²) >= 11 is 0. The van der Waals surface area contributed by atoms with Crippen LogP contribution in [0.2, 0.25) is 0 Å². The zero-order chi connectivity index (χ0) is 18.1. The molecule has 1 amide bonds. The molecule has 0 radical (unpaired) electrons. The van der Waals surface area contributed by atoms with Gasteiger partial charge in [-0.2, -0.15) is 0 Å². The minimum absolute atomic E-state index is 0.0354. The molecule has 0 spiro atoms. The molecule has 0 atom stereocenters. The van der Waals surface area contributed by atoms with E-state index in [9.17, 15) is 13.2 Å². The summed E-state index contributed by atoms with van der Waals surface area (Å²) in [5.74, 6) is -0.219. The number of hydrogen-bond donors (Lipinski definition) is 3. The van der Waals surface area contributed by atoms with Crippen molar-refractivity contribution in [3.05, 3.63) is 29.8 Å². The SMILES string of the molecule is CCCS(=O)(=O)Nc1ccccc1C(=O)NCCCN1CCNCC1. The molecule has 1 saturated heterocycles. The maximum Gasteiger partial charge on any atom is 0.253 e. The number of anilines is 1. The fourth-order valence-corrected chi connectivity index (χ4v) is 3.94. The van der Waals surface area contributed by atoms with E-state index in [1.165, 1.54) is 0 Å². The zero-order valence-electron chi connectivity index (χ0n) is 14.8. The molecule has 1 aliphatic rings. The predicted molar refractivity (Wildman–Crippen MR) is 100 cm³/mol. The predicted octanol–water partition coefficient (Wildman–Crippen LogP) is 0.863. The Bertz CT molecular complexity index is 658. The van der Waals surface area contributed by atoms with E-state index < -0.39 is 10.0 Å². The Morgan fingerprint density at radius 3 is 2.68 bits per heavy atom. The Morgan fingerprint density at radius 1 is 1.24 bits per heavy atom. The lowest BCUT2D eigenvalue weighted by molar-refractivity contribution is 0.0952. The van der Waals surface area contributed by atoms with Crippen LogP contribution in [-0.4, -0.2) is 64.2 Å². The molecule has 7 nitrogen and oxygen atoms in total. The molecule has 1 aliphatic heterocycles. The van der Waals surface area contributed by atoms with E-state index in [0.29, 0.717) is 24.2 Å². The van der Waals surface area contributed by atoms with Crippen molar-refractivity contribution >= 4 is 21.6 Å². The molecule has 0 bridgehead atoms. The molecule has 1 heterocycles. The summed E-state index contributed by atoms with van der Waals surface area (Å²) < 4.78 is 26.4. The fourth-order valence-electron chi connectivity index (χ4n) is 2.79. The number of hydrogen-bond acceptors (Lipinski definition) is 5. The highest BCUT2D eigenvalue weighted by molar-refractivity contribution is 7.92. The summed E-state index contributed by atoms with van der Waals surface area (Å²) in [5, 5.41) is 6.19. The average Bonchev–Trinajstić information content (AvgIpc) is 2.59. The van der Waals surface area contributed by atoms with Gasteiger partial charge in [0.05, 0.1) is 17.0 Å². The number of nitrogens with one attached hydrogen (secondary N) is 3. The molecule has 1 aromatic carbocycles. The second kappa shape index (κ2) is 9.74. The lowest BCUT2D eigenvalue weighted by Gasteiger charge is -2.27. The standard InChI is InChI=1S/C17H28N4O3S/c1-2-14-25(23,24)20-16-7-4-3-6-15(16)17(22)19-8-5-11-21-12-9-18-10-13-21/h3-4,6-7,18,20H,2,5,8-14H2,1H3,(H,19,22). The maximum atomic E-state index is 12.4. The highest BCUT2D eigenvalue weighted by Gasteiger charge is 2.16. The van der Waals surface area contributed by atoms with Crippen LogP contribution in [0, 0.1) is 0 Å². The third-order valence-electron chi connectivity index (χ3n) is 4.06. The third kappa shape index (κ3) is 6.64. The van der Waals surface area contributed by atoms with Crippen molar-refractivity contribution in [1.82, 2.24) is 15.5 Å².